The van der Waals surface area contributed by atoms with E-state index in [1.54, 1.807) is 50.5 Å². The smallest absolute Gasteiger partial charge is 0.250 e. The maximum Gasteiger partial charge on any atom is 0.250 e. The summed E-state index contributed by atoms with van der Waals surface area (Å²) in [4.78, 5) is 26.7. The molecule has 0 fully saturated rings. The number of ketones is 1. The van der Waals surface area contributed by atoms with Crippen LogP contribution in [0, 0.1) is 6.92 Å². The molecular weight excluding hydrogens is 546 g/mol. The average Bonchev–Trinajstić information content (AvgIpc) is 2.89. The van der Waals surface area contributed by atoms with Crippen molar-refractivity contribution in [2.24, 2.45) is 7.05 Å². The van der Waals surface area contributed by atoms with Crippen molar-refractivity contribution in [2.75, 3.05) is 18.1 Å². The number of carbonyl (C=O) groups excluding carboxylic acids is 1. The summed E-state index contributed by atoms with van der Waals surface area (Å²) in [7, 11) is -3.03. The standard InChI is InChI=1S/C31H39NO6S2/c1-7-40(37,38)20-22-10-13-25(30(35)23-11-8-21(2)9-12-23)27(16-22)28-18-32(6)29(34)17-26(28)24(14-15-33)19-39(36)31(3,4)5/h8-13,16-18,24,33H,7,14-15,19-20H2,1-6H3/t24-,39-/m1/s1. The van der Waals surface area contributed by atoms with Gasteiger partial charge in [0, 0.05) is 69.7 Å². The topological polar surface area (TPSA) is 111 Å². The molecule has 1 heterocycles. The minimum atomic E-state index is -3.36. The van der Waals surface area contributed by atoms with Crippen LogP contribution in [0.4, 0.5) is 0 Å². The second-order valence-electron chi connectivity index (χ2n) is 11.2. The Kier molecular flexibility index (Phi) is 10.1. The lowest BCUT2D eigenvalue weighted by Crippen LogP contribution is -2.28. The predicted octanol–water partition coefficient (Wildman–Crippen LogP) is 4.54. The Balaban J connectivity index is 2.32. The zero-order chi connectivity index (χ0) is 29.8. The van der Waals surface area contributed by atoms with E-state index >= 15 is 0 Å². The number of aliphatic hydroxyl groups is 1. The molecule has 0 saturated heterocycles. The molecule has 1 N–H and O–H groups in total. The molecule has 0 spiro atoms. The second kappa shape index (κ2) is 12.7. The Labute approximate surface area is 239 Å². The van der Waals surface area contributed by atoms with Gasteiger partial charge in [0.25, 0.3) is 5.56 Å². The Morgan fingerprint density at radius 2 is 1.70 bits per heavy atom. The fourth-order valence-corrected chi connectivity index (χ4v) is 6.55. The molecular formula is C31H39NO6S2. The summed E-state index contributed by atoms with van der Waals surface area (Å²) in [5.41, 5.74) is 3.73. The summed E-state index contributed by atoms with van der Waals surface area (Å²) >= 11 is 0. The van der Waals surface area contributed by atoms with E-state index in [0.29, 0.717) is 33.4 Å². The molecule has 0 aliphatic carbocycles. The van der Waals surface area contributed by atoms with Crippen LogP contribution in [0.3, 0.4) is 0 Å². The molecule has 9 heteroatoms. The van der Waals surface area contributed by atoms with Gasteiger partial charge in [-0.2, -0.15) is 0 Å². The first-order valence-electron chi connectivity index (χ1n) is 13.3. The largest absolute Gasteiger partial charge is 0.396 e. The van der Waals surface area contributed by atoms with Crippen LogP contribution >= 0.6 is 0 Å². The number of hydrogen-bond acceptors (Lipinski definition) is 6. The lowest BCUT2D eigenvalue weighted by molar-refractivity contribution is 0.103. The van der Waals surface area contributed by atoms with Crippen LogP contribution in [0.25, 0.3) is 11.1 Å². The number of hydrogen-bond donors (Lipinski definition) is 1. The second-order valence-corrected chi connectivity index (χ2v) is 15.8. The van der Waals surface area contributed by atoms with E-state index in [4.69, 9.17) is 0 Å². The third-order valence-corrected chi connectivity index (χ3v) is 10.7. The summed E-state index contributed by atoms with van der Waals surface area (Å²) in [5, 5.41) is 9.91. The van der Waals surface area contributed by atoms with E-state index in [-0.39, 0.29) is 41.6 Å². The summed E-state index contributed by atoms with van der Waals surface area (Å²) in [6.45, 7) is 8.97. The van der Waals surface area contributed by atoms with Gasteiger partial charge in [-0.3, -0.25) is 13.8 Å². The van der Waals surface area contributed by atoms with Crippen molar-refractivity contribution in [3.8, 4) is 11.1 Å². The van der Waals surface area contributed by atoms with Crippen LogP contribution in [0.15, 0.2) is 59.5 Å². The van der Waals surface area contributed by atoms with Gasteiger partial charge in [-0.25, -0.2) is 8.42 Å². The molecule has 0 unspecified atom stereocenters. The van der Waals surface area contributed by atoms with Gasteiger partial charge in [0.1, 0.15) is 0 Å². The van der Waals surface area contributed by atoms with Gasteiger partial charge >= 0.3 is 0 Å². The van der Waals surface area contributed by atoms with Crippen molar-refractivity contribution in [1.82, 2.24) is 4.57 Å². The first kappa shape index (κ1) is 31.6. The molecule has 3 aromatic rings. The Bertz CT molecular complexity index is 1560. The van der Waals surface area contributed by atoms with Crippen LogP contribution in [-0.2, 0) is 33.4 Å². The highest BCUT2D eigenvalue weighted by atomic mass is 32.2. The number of sulfone groups is 1. The van der Waals surface area contributed by atoms with Gasteiger partial charge in [0.15, 0.2) is 15.6 Å². The molecule has 1 aromatic heterocycles. The van der Waals surface area contributed by atoms with Gasteiger partial charge in [-0.15, -0.1) is 0 Å². The molecule has 0 aliphatic rings. The molecule has 2 atom stereocenters. The lowest BCUT2D eigenvalue weighted by Gasteiger charge is -2.25. The normalized spacial score (nSPS) is 13.7. The molecule has 3 rings (SSSR count). The van der Waals surface area contributed by atoms with Gasteiger partial charge in [0.2, 0.25) is 0 Å². The monoisotopic (exact) mass is 585 g/mol. The van der Waals surface area contributed by atoms with Crippen molar-refractivity contribution in [2.45, 2.75) is 57.5 Å². The van der Waals surface area contributed by atoms with E-state index in [1.807, 2.05) is 39.8 Å². The molecule has 2 aromatic carbocycles. The van der Waals surface area contributed by atoms with Crippen molar-refractivity contribution in [1.29, 1.82) is 0 Å². The summed E-state index contributed by atoms with van der Waals surface area (Å²) in [6.07, 6.45) is 1.91. The quantitative estimate of drug-likeness (QED) is 0.331. The van der Waals surface area contributed by atoms with E-state index < -0.39 is 31.3 Å². The molecule has 0 saturated carbocycles. The van der Waals surface area contributed by atoms with Crippen molar-refractivity contribution < 1.29 is 22.5 Å². The Morgan fingerprint density at radius 1 is 1.05 bits per heavy atom. The number of nitrogens with zero attached hydrogens (tertiary/aromatic N) is 1. The van der Waals surface area contributed by atoms with Gasteiger partial charge in [-0.05, 0) is 62.8 Å². The zero-order valence-corrected chi connectivity index (χ0v) is 25.7. The molecule has 216 valence electrons. The van der Waals surface area contributed by atoms with E-state index in [1.165, 1.54) is 10.6 Å². The highest BCUT2D eigenvalue weighted by Crippen LogP contribution is 2.35. The van der Waals surface area contributed by atoms with E-state index in [0.717, 1.165) is 5.56 Å². The first-order chi connectivity index (χ1) is 18.7. The SMILES string of the molecule is CCS(=O)(=O)Cc1ccc(C(=O)c2ccc(C)cc2)c(-c2cn(C)c(=O)cc2[C@H](CCO)C[S@@](=O)C(C)(C)C)c1. The fourth-order valence-electron chi connectivity index (χ4n) is 4.44. The van der Waals surface area contributed by atoms with Crippen LogP contribution in [0.2, 0.25) is 0 Å². The number of aromatic nitrogens is 1. The number of aliphatic hydroxyl groups excluding tert-OH is 1. The number of pyridine rings is 1. The first-order valence-corrected chi connectivity index (χ1v) is 16.5. The summed E-state index contributed by atoms with van der Waals surface area (Å²) in [5.74, 6) is -0.662. The molecule has 40 heavy (non-hydrogen) atoms. The van der Waals surface area contributed by atoms with Gasteiger partial charge < -0.3 is 9.67 Å². The van der Waals surface area contributed by atoms with Crippen LogP contribution in [0.1, 0.15) is 72.6 Å². The van der Waals surface area contributed by atoms with E-state index in [9.17, 15) is 27.3 Å². The fraction of sp³-hybridized carbons (Fsp3) is 0.419. The maximum absolute atomic E-state index is 13.8. The number of aryl methyl sites for hydroxylation is 2. The lowest BCUT2D eigenvalue weighted by atomic mass is 9.86. The Morgan fingerprint density at radius 3 is 2.27 bits per heavy atom. The highest BCUT2D eigenvalue weighted by Gasteiger charge is 2.28. The van der Waals surface area contributed by atoms with E-state index in [2.05, 4.69) is 0 Å². The van der Waals surface area contributed by atoms with Crippen molar-refractivity contribution in [3.05, 3.63) is 92.9 Å². The van der Waals surface area contributed by atoms with Crippen LogP contribution < -0.4 is 5.56 Å². The van der Waals surface area contributed by atoms with Gasteiger partial charge in [0.05, 0.1) is 5.75 Å². The maximum atomic E-state index is 13.8. The average molecular weight is 586 g/mol. The number of rotatable bonds is 11. The number of benzene rings is 2. The zero-order valence-electron chi connectivity index (χ0n) is 24.1. The summed E-state index contributed by atoms with van der Waals surface area (Å²) < 4.78 is 39.1. The van der Waals surface area contributed by atoms with Gasteiger partial charge in [-0.1, -0.05) is 48.9 Å². The van der Waals surface area contributed by atoms with Crippen molar-refractivity contribution in [3.63, 3.8) is 0 Å². The Hall–Kier alpha value is -2.88. The number of carbonyl (C=O) groups is 1. The molecule has 0 radical (unpaired) electrons. The molecule has 0 bridgehead atoms. The predicted molar refractivity (Wildman–Crippen MR) is 162 cm³/mol. The minimum absolute atomic E-state index is 0.0192. The highest BCUT2D eigenvalue weighted by molar-refractivity contribution is 7.90. The molecule has 7 nitrogen and oxygen atoms in total. The van der Waals surface area contributed by atoms with Crippen molar-refractivity contribution >= 4 is 26.4 Å². The third-order valence-electron chi connectivity index (χ3n) is 6.97. The third kappa shape index (κ3) is 7.65. The molecule has 0 amide bonds. The van der Waals surface area contributed by atoms with Crippen LogP contribution in [-0.4, -0.2) is 50.9 Å². The van der Waals surface area contributed by atoms with Crippen LogP contribution in [0.5, 0.6) is 0 Å². The minimum Gasteiger partial charge on any atom is -0.396 e. The molecule has 0 aliphatic heterocycles. The summed E-state index contributed by atoms with van der Waals surface area (Å²) in [6, 6.07) is 13.7.